The van der Waals surface area contributed by atoms with E-state index in [1.54, 1.807) is 18.5 Å². The zero-order valence-corrected chi connectivity index (χ0v) is 12.7. The van der Waals surface area contributed by atoms with E-state index >= 15 is 0 Å². The third-order valence-corrected chi connectivity index (χ3v) is 3.99. The van der Waals surface area contributed by atoms with Crippen molar-refractivity contribution in [2.75, 3.05) is 6.54 Å². The molecule has 112 valence electrons. The van der Waals surface area contributed by atoms with Crippen molar-refractivity contribution in [3.63, 3.8) is 0 Å². The van der Waals surface area contributed by atoms with Crippen molar-refractivity contribution >= 4 is 16.5 Å². The minimum Gasteiger partial charge on any atom is -0.314 e. The van der Waals surface area contributed by atoms with Gasteiger partial charge in [-0.3, -0.25) is 15.1 Å². The van der Waals surface area contributed by atoms with Crippen LogP contribution in [0.1, 0.15) is 38.7 Å². The van der Waals surface area contributed by atoms with E-state index in [9.17, 15) is 10.1 Å². The summed E-state index contributed by atoms with van der Waals surface area (Å²) in [6.07, 6.45) is 4.26. The number of fused-ring (bicyclic) bond motifs is 1. The van der Waals surface area contributed by atoms with Crippen LogP contribution in [-0.2, 0) is 0 Å². The van der Waals surface area contributed by atoms with Crippen LogP contribution in [0.3, 0.4) is 0 Å². The summed E-state index contributed by atoms with van der Waals surface area (Å²) < 4.78 is 0. The van der Waals surface area contributed by atoms with Gasteiger partial charge in [0, 0.05) is 24.5 Å². The first-order chi connectivity index (χ1) is 10.1. The number of nitro benzene ring substituents is 1. The number of hydrogen-bond donors (Lipinski definition) is 1. The molecule has 5 heteroatoms. The molecule has 2 aromatic rings. The van der Waals surface area contributed by atoms with E-state index in [1.165, 1.54) is 0 Å². The Balaban J connectivity index is 2.59. The van der Waals surface area contributed by atoms with Crippen LogP contribution in [-0.4, -0.2) is 22.5 Å². The standard InChI is InChI=1S/C16H21N3O2/c1-4-12(11(3)18-5-2)13-6-7-16(19(20)21)15-10-17-9-8-14(13)15/h6-12,18H,4-5H2,1-3H3. The van der Waals surface area contributed by atoms with E-state index in [-0.39, 0.29) is 10.6 Å². The first kappa shape index (κ1) is 15.4. The SMILES string of the molecule is CCNC(C)C(CC)c1ccc([N+](=O)[O-])c2cnccc12. The zero-order valence-electron chi connectivity index (χ0n) is 12.7. The highest BCUT2D eigenvalue weighted by Crippen LogP contribution is 2.34. The molecule has 0 saturated carbocycles. The summed E-state index contributed by atoms with van der Waals surface area (Å²) in [5, 5.41) is 16.2. The molecule has 0 spiro atoms. The highest BCUT2D eigenvalue weighted by Gasteiger charge is 2.22. The summed E-state index contributed by atoms with van der Waals surface area (Å²) >= 11 is 0. The number of hydrogen-bond acceptors (Lipinski definition) is 4. The smallest absolute Gasteiger partial charge is 0.278 e. The molecule has 2 rings (SSSR count). The number of nitrogens with one attached hydrogen (secondary N) is 1. The van der Waals surface area contributed by atoms with Crippen molar-refractivity contribution in [2.45, 2.75) is 39.2 Å². The maximum absolute atomic E-state index is 11.2. The van der Waals surface area contributed by atoms with Crippen LogP contribution in [0.15, 0.2) is 30.6 Å². The second-order valence-corrected chi connectivity index (χ2v) is 5.21. The maximum atomic E-state index is 11.2. The molecule has 0 saturated heterocycles. The number of non-ortho nitro benzene ring substituents is 1. The summed E-state index contributed by atoms with van der Waals surface area (Å²) in [4.78, 5) is 14.9. The molecule has 0 aliphatic heterocycles. The van der Waals surface area contributed by atoms with E-state index in [2.05, 4.69) is 31.1 Å². The number of benzene rings is 1. The Morgan fingerprint density at radius 2 is 2.05 bits per heavy atom. The fraction of sp³-hybridized carbons (Fsp3) is 0.438. The van der Waals surface area contributed by atoms with Crippen molar-refractivity contribution < 1.29 is 4.92 Å². The molecule has 0 bridgehead atoms. The van der Waals surface area contributed by atoms with Gasteiger partial charge in [-0.2, -0.15) is 0 Å². The molecular weight excluding hydrogens is 266 g/mol. The quantitative estimate of drug-likeness (QED) is 0.650. The van der Waals surface area contributed by atoms with Gasteiger partial charge in [-0.05, 0) is 42.8 Å². The van der Waals surface area contributed by atoms with E-state index in [1.807, 2.05) is 12.1 Å². The van der Waals surface area contributed by atoms with Gasteiger partial charge in [-0.25, -0.2) is 0 Å². The van der Waals surface area contributed by atoms with E-state index in [0.717, 1.165) is 23.9 Å². The lowest BCUT2D eigenvalue weighted by Gasteiger charge is -2.25. The van der Waals surface area contributed by atoms with Crippen molar-refractivity contribution in [2.24, 2.45) is 0 Å². The van der Waals surface area contributed by atoms with Crippen molar-refractivity contribution in [3.8, 4) is 0 Å². The van der Waals surface area contributed by atoms with Gasteiger partial charge in [0.15, 0.2) is 0 Å². The Labute approximate surface area is 124 Å². The molecule has 0 radical (unpaired) electrons. The van der Waals surface area contributed by atoms with Crippen molar-refractivity contribution in [1.82, 2.24) is 10.3 Å². The first-order valence-corrected chi connectivity index (χ1v) is 7.34. The highest BCUT2D eigenvalue weighted by molar-refractivity contribution is 5.93. The summed E-state index contributed by atoms with van der Waals surface area (Å²) in [5.41, 5.74) is 1.27. The molecule has 1 aromatic carbocycles. The fourth-order valence-electron chi connectivity index (χ4n) is 2.99. The van der Waals surface area contributed by atoms with Crippen LogP contribution in [0, 0.1) is 10.1 Å². The van der Waals surface area contributed by atoms with E-state index in [0.29, 0.717) is 17.3 Å². The molecule has 2 unspecified atom stereocenters. The lowest BCUT2D eigenvalue weighted by molar-refractivity contribution is -0.383. The van der Waals surface area contributed by atoms with Crippen LogP contribution in [0.25, 0.3) is 10.8 Å². The third-order valence-electron chi connectivity index (χ3n) is 3.99. The number of pyridine rings is 1. The van der Waals surface area contributed by atoms with Crippen LogP contribution in [0.2, 0.25) is 0 Å². The van der Waals surface area contributed by atoms with Gasteiger partial charge in [0.1, 0.15) is 0 Å². The van der Waals surface area contributed by atoms with Gasteiger partial charge in [0.05, 0.1) is 10.3 Å². The number of likely N-dealkylation sites (N-methyl/N-ethyl adjacent to an activating group) is 1. The number of nitrogens with zero attached hydrogens (tertiary/aromatic N) is 2. The monoisotopic (exact) mass is 287 g/mol. The molecule has 1 aromatic heterocycles. The molecule has 1 N–H and O–H groups in total. The molecule has 0 aliphatic rings. The average Bonchev–Trinajstić information content (AvgIpc) is 2.48. The zero-order chi connectivity index (χ0) is 15.4. The topological polar surface area (TPSA) is 68.1 Å². The number of aromatic nitrogens is 1. The minimum absolute atomic E-state index is 0.118. The lowest BCUT2D eigenvalue weighted by Crippen LogP contribution is -2.31. The molecule has 21 heavy (non-hydrogen) atoms. The molecular formula is C16H21N3O2. The number of rotatable bonds is 6. The van der Waals surface area contributed by atoms with Gasteiger partial charge in [-0.1, -0.05) is 19.9 Å². The fourth-order valence-corrected chi connectivity index (χ4v) is 2.99. The normalized spacial score (nSPS) is 14.0. The average molecular weight is 287 g/mol. The highest BCUT2D eigenvalue weighted by atomic mass is 16.6. The molecule has 0 aliphatic carbocycles. The molecule has 0 fully saturated rings. The van der Waals surface area contributed by atoms with E-state index < -0.39 is 0 Å². The summed E-state index contributed by atoms with van der Waals surface area (Å²) in [6, 6.07) is 5.68. The van der Waals surface area contributed by atoms with Crippen LogP contribution < -0.4 is 5.32 Å². The Morgan fingerprint density at radius 1 is 1.29 bits per heavy atom. The largest absolute Gasteiger partial charge is 0.314 e. The maximum Gasteiger partial charge on any atom is 0.278 e. The summed E-state index contributed by atoms with van der Waals surface area (Å²) in [7, 11) is 0. The van der Waals surface area contributed by atoms with E-state index in [4.69, 9.17) is 0 Å². The second-order valence-electron chi connectivity index (χ2n) is 5.21. The summed E-state index contributed by atoms with van der Waals surface area (Å²) in [6.45, 7) is 7.30. The predicted molar refractivity (Wildman–Crippen MR) is 84.6 cm³/mol. The summed E-state index contributed by atoms with van der Waals surface area (Å²) in [5.74, 6) is 0.315. The van der Waals surface area contributed by atoms with Gasteiger partial charge < -0.3 is 5.32 Å². The molecule has 0 amide bonds. The van der Waals surface area contributed by atoms with Gasteiger partial charge in [-0.15, -0.1) is 0 Å². The van der Waals surface area contributed by atoms with Crippen molar-refractivity contribution in [3.05, 3.63) is 46.3 Å². The first-order valence-electron chi connectivity index (χ1n) is 7.34. The third kappa shape index (κ3) is 3.03. The van der Waals surface area contributed by atoms with Crippen molar-refractivity contribution in [1.29, 1.82) is 0 Å². The molecule has 2 atom stereocenters. The number of nitro groups is 1. The Morgan fingerprint density at radius 3 is 2.67 bits per heavy atom. The second kappa shape index (κ2) is 6.63. The Bertz CT molecular complexity index is 642. The molecule has 5 nitrogen and oxygen atoms in total. The van der Waals surface area contributed by atoms with Gasteiger partial charge in [0.2, 0.25) is 0 Å². The van der Waals surface area contributed by atoms with Gasteiger partial charge >= 0.3 is 0 Å². The molecule has 1 heterocycles. The van der Waals surface area contributed by atoms with Crippen LogP contribution in [0.4, 0.5) is 5.69 Å². The van der Waals surface area contributed by atoms with Crippen LogP contribution in [0.5, 0.6) is 0 Å². The Hall–Kier alpha value is -2.01. The minimum atomic E-state index is -0.345. The lowest BCUT2D eigenvalue weighted by atomic mass is 9.86. The Kier molecular flexibility index (Phi) is 4.85. The van der Waals surface area contributed by atoms with Crippen LogP contribution >= 0.6 is 0 Å². The predicted octanol–water partition coefficient (Wildman–Crippen LogP) is 3.63. The van der Waals surface area contributed by atoms with Gasteiger partial charge in [0.25, 0.3) is 5.69 Å².